The summed E-state index contributed by atoms with van der Waals surface area (Å²) < 4.78 is 2.19. The lowest BCUT2D eigenvalue weighted by Crippen LogP contribution is -2.11. The van der Waals surface area contributed by atoms with Crippen LogP contribution in [0.4, 0.5) is 0 Å². The first-order valence-electron chi connectivity index (χ1n) is 6.09. The molecule has 1 aromatic rings. The fourth-order valence-electron chi connectivity index (χ4n) is 2.39. The fourth-order valence-corrected chi connectivity index (χ4v) is 2.39. The number of hydrogen-bond donors (Lipinski definition) is 0. The Morgan fingerprint density at radius 3 is 2.60 bits per heavy atom. The van der Waals surface area contributed by atoms with Crippen molar-refractivity contribution in [3.05, 3.63) is 18.0 Å². The molecule has 0 spiro atoms. The van der Waals surface area contributed by atoms with E-state index in [0.29, 0.717) is 11.5 Å². The molecule has 15 heavy (non-hydrogen) atoms. The van der Waals surface area contributed by atoms with E-state index in [0.717, 1.165) is 6.42 Å². The van der Waals surface area contributed by atoms with Crippen molar-refractivity contribution < 1.29 is 0 Å². The Bertz CT molecular complexity index is 314. The molecule has 0 N–H and O–H groups in total. The SMILES string of the molecule is CC(C)(C)Cc1ccn(C2CCCC2)n1. The van der Waals surface area contributed by atoms with Crippen molar-refractivity contribution in [3.8, 4) is 0 Å². The van der Waals surface area contributed by atoms with Crippen LogP contribution >= 0.6 is 0 Å². The summed E-state index contributed by atoms with van der Waals surface area (Å²) in [7, 11) is 0. The minimum Gasteiger partial charge on any atom is -0.269 e. The average Bonchev–Trinajstić information content (AvgIpc) is 2.68. The van der Waals surface area contributed by atoms with Gasteiger partial charge in [0.2, 0.25) is 0 Å². The minimum atomic E-state index is 0.342. The predicted molar refractivity (Wildman–Crippen MR) is 62.9 cm³/mol. The molecule has 0 atom stereocenters. The Morgan fingerprint density at radius 2 is 2.00 bits per heavy atom. The number of aromatic nitrogens is 2. The molecule has 1 saturated carbocycles. The van der Waals surface area contributed by atoms with E-state index in [1.165, 1.54) is 31.4 Å². The van der Waals surface area contributed by atoms with Gasteiger partial charge in [0.1, 0.15) is 0 Å². The quantitative estimate of drug-likeness (QED) is 0.723. The third kappa shape index (κ3) is 2.83. The van der Waals surface area contributed by atoms with E-state index in [2.05, 4.69) is 37.7 Å². The van der Waals surface area contributed by atoms with Gasteiger partial charge in [0.15, 0.2) is 0 Å². The van der Waals surface area contributed by atoms with Gasteiger partial charge in [0, 0.05) is 6.20 Å². The van der Waals surface area contributed by atoms with Gasteiger partial charge in [0.25, 0.3) is 0 Å². The number of rotatable bonds is 2. The van der Waals surface area contributed by atoms with Crippen LogP contribution in [0, 0.1) is 5.41 Å². The molecule has 1 aromatic heterocycles. The summed E-state index contributed by atoms with van der Waals surface area (Å²) in [6.45, 7) is 6.80. The predicted octanol–water partition coefficient (Wildman–Crippen LogP) is 3.59. The average molecular weight is 206 g/mol. The van der Waals surface area contributed by atoms with E-state index < -0.39 is 0 Å². The van der Waals surface area contributed by atoms with Crippen molar-refractivity contribution in [2.45, 2.75) is 58.9 Å². The molecule has 2 heteroatoms. The van der Waals surface area contributed by atoms with Crippen LogP contribution in [0.5, 0.6) is 0 Å². The Balaban J connectivity index is 2.03. The van der Waals surface area contributed by atoms with Crippen LogP contribution in [0.25, 0.3) is 0 Å². The number of nitrogens with zero attached hydrogens (tertiary/aromatic N) is 2. The third-order valence-electron chi connectivity index (χ3n) is 3.07. The smallest absolute Gasteiger partial charge is 0.0629 e. The maximum Gasteiger partial charge on any atom is 0.0629 e. The molecule has 0 aromatic carbocycles. The molecule has 0 unspecified atom stereocenters. The molecule has 1 aliphatic carbocycles. The van der Waals surface area contributed by atoms with Crippen molar-refractivity contribution in [1.29, 1.82) is 0 Å². The van der Waals surface area contributed by atoms with Gasteiger partial charge in [-0.25, -0.2) is 0 Å². The largest absolute Gasteiger partial charge is 0.269 e. The summed E-state index contributed by atoms with van der Waals surface area (Å²) in [6.07, 6.45) is 8.62. The summed E-state index contributed by atoms with van der Waals surface area (Å²) in [5.74, 6) is 0. The van der Waals surface area contributed by atoms with Crippen LogP contribution in [-0.2, 0) is 6.42 Å². The van der Waals surface area contributed by atoms with Gasteiger partial charge in [-0.05, 0) is 30.7 Å². The Morgan fingerprint density at radius 1 is 1.33 bits per heavy atom. The molecular formula is C13H22N2. The zero-order valence-corrected chi connectivity index (χ0v) is 10.2. The molecule has 0 aliphatic heterocycles. The molecule has 1 aliphatic rings. The lowest BCUT2D eigenvalue weighted by molar-refractivity contribution is 0.397. The van der Waals surface area contributed by atoms with Crippen molar-refractivity contribution >= 4 is 0 Å². The first-order chi connectivity index (χ1) is 7.04. The molecule has 0 saturated heterocycles. The topological polar surface area (TPSA) is 17.8 Å². The van der Waals surface area contributed by atoms with Crippen LogP contribution in [0.2, 0.25) is 0 Å². The molecule has 1 heterocycles. The van der Waals surface area contributed by atoms with Crippen LogP contribution < -0.4 is 0 Å². The lowest BCUT2D eigenvalue weighted by Gasteiger charge is -2.16. The van der Waals surface area contributed by atoms with Gasteiger partial charge in [-0.2, -0.15) is 5.10 Å². The Labute approximate surface area is 92.7 Å². The van der Waals surface area contributed by atoms with E-state index in [4.69, 9.17) is 5.10 Å². The van der Waals surface area contributed by atoms with Gasteiger partial charge in [-0.3, -0.25) is 4.68 Å². The molecule has 1 fully saturated rings. The van der Waals surface area contributed by atoms with Gasteiger partial charge in [-0.15, -0.1) is 0 Å². The molecule has 84 valence electrons. The molecule has 2 rings (SSSR count). The highest BCUT2D eigenvalue weighted by Crippen LogP contribution is 2.29. The van der Waals surface area contributed by atoms with Crippen LogP contribution in [0.1, 0.15) is 58.2 Å². The molecular weight excluding hydrogens is 184 g/mol. The first-order valence-corrected chi connectivity index (χ1v) is 6.09. The second kappa shape index (κ2) is 3.99. The normalized spacial score (nSPS) is 18.6. The number of hydrogen-bond acceptors (Lipinski definition) is 1. The van der Waals surface area contributed by atoms with E-state index in [1.54, 1.807) is 0 Å². The van der Waals surface area contributed by atoms with E-state index in [9.17, 15) is 0 Å². The summed E-state index contributed by atoms with van der Waals surface area (Å²) >= 11 is 0. The fraction of sp³-hybridized carbons (Fsp3) is 0.769. The molecule has 2 nitrogen and oxygen atoms in total. The van der Waals surface area contributed by atoms with Crippen LogP contribution in [-0.4, -0.2) is 9.78 Å². The minimum absolute atomic E-state index is 0.342. The van der Waals surface area contributed by atoms with Gasteiger partial charge < -0.3 is 0 Å². The highest BCUT2D eigenvalue weighted by atomic mass is 15.3. The second-order valence-corrected chi connectivity index (χ2v) is 5.96. The maximum absolute atomic E-state index is 4.69. The van der Waals surface area contributed by atoms with Crippen molar-refractivity contribution in [1.82, 2.24) is 9.78 Å². The van der Waals surface area contributed by atoms with Crippen molar-refractivity contribution in [2.75, 3.05) is 0 Å². The van der Waals surface area contributed by atoms with E-state index >= 15 is 0 Å². The van der Waals surface area contributed by atoms with Gasteiger partial charge in [-0.1, -0.05) is 33.6 Å². The summed E-state index contributed by atoms with van der Waals surface area (Å²) in [6, 6.07) is 2.86. The lowest BCUT2D eigenvalue weighted by atomic mass is 9.91. The Hall–Kier alpha value is -0.790. The highest BCUT2D eigenvalue weighted by molar-refractivity contribution is 5.02. The maximum atomic E-state index is 4.69. The van der Waals surface area contributed by atoms with Gasteiger partial charge >= 0.3 is 0 Å². The summed E-state index contributed by atoms with van der Waals surface area (Å²) in [4.78, 5) is 0. The summed E-state index contributed by atoms with van der Waals surface area (Å²) in [5, 5.41) is 4.69. The monoisotopic (exact) mass is 206 g/mol. The summed E-state index contributed by atoms with van der Waals surface area (Å²) in [5.41, 5.74) is 1.59. The second-order valence-electron chi connectivity index (χ2n) is 5.96. The Kier molecular flexibility index (Phi) is 2.85. The van der Waals surface area contributed by atoms with Gasteiger partial charge in [0.05, 0.1) is 11.7 Å². The molecule has 0 bridgehead atoms. The third-order valence-corrected chi connectivity index (χ3v) is 3.07. The van der Waals surface area contributed by atoms with Crippen molar-refractivity contribution in [3.63, 3.8) is 0 Å². The zero-order chi connectivity index (χ0) is 10.9. The standard InChI is InChI=1S/C13H22N2/c1-13(2,3)10-11-8-9-15(14-11)12-6-4-5-7-12/h8-9,12H,4-7,10H2,1-3H3. The zero-order valence-electron chi connectivity index (χ0n) is 10.2. The van der Waals surface area contributed by atoms with Crippen LogP contribution in [0.15, 0.2) is 12.3 Å². The molecule has 0 amide bonds. The molecule has 0 radical (unpaired) electrons. The first kappa shape index (κ1) is 10.7. The van der Waals surface area contributed by atoms with Crippen LogP contribution in [0.3, 0.4) is 0 Å². The van der Waals surface area contributed by atoms with E-state index in [1.807, 2.05) is 0 Å². The van der Waals surface area contributed by atoms with E-state index in [-0.39, 0.29) is 0 Å². The highest BCUT2D eigenvalue weighted by Gasteiger charge is 2.19. The van der Waals surface area contributed by atoms with Crippen molar-refractivity contribution in [2.24, 2.45) is 5.41 Å².